The zero-order valence-electron chi connectivity index (χ0n) is 10.8. The van der Waals surface area contributed by atoms with Crippen LogP contribution in [0, 0.1) is 24.6 Å². The Morgan fingerprint density at radius 3 is 2.50 bits per heavy atom. The second-order valence-corrected chi connectivity index (χ2v) is 4.32. The minimum absolute atomic E-state index is 0.0533. The molecule has 1 rings (SSSR count). The lowest BCUT2D eigenvalue weighted by Gasteiger charge is -2.24. The summed E-state index contributed by atoms with van der Waals surface area (Å²) < 4.78 is 4.91. The van der Waals surface area contributed by atoms with E-state index in [9.17, 15) is 4.79 Å². The lowest BCUT2D eigenvalue weighted by molar-refractivity contribution is -0.122. The Hall–Kier alpha value is -1.31. The van der Waals surface area contributed by atoms with E-state index in [1.807, 2.05) is 32.0 Å². The molecule has 0 N–H and O–H groups in total. The van der Waals surface area contributed by atoms with Gasteiger partial charge < -0.3 is 4.74 Å². The van der Waals surface area contributed by atoms with Gasteiger partial charge in [0, 0.05) is 23.0 Å². The van der Waals surface area contributed by atoms with Gasteiger partial charge in [0.05, 0.1) is 12.2 Å². The first-order valence-electron chi connectivity index (χ1n) is 5.55. The maximum absolute atomic E-state index is 12.1. The predicted molar refractivity (Wildman–Crippen MR) is 76.8 cm³/mol. The summed E-state index contributed by atoms with van der Waals surface area (Å²) in [5.74, 6) is 2.76. The SMILES string of the molecule is COCC(=O)N(CC#CBr)c1c(C)cccc1C. The van der Waals surface area contributed by atoms with Gasteiger partial charge in [-0.05, 0) is 29.8 Å². The van der Waals surface area contributed by atoms with E-state index in [0.717, 1.165) is 16.8 Å². The van der Waals surface area contributed by atoms with Crippen molar-refractivity contribution in [3.05, 3.63) is 29.3 Å². The zero-order valence-corrected chi connectivity index (χ0v) is 12.4. The largest absolute Gasteiger partial charge is 0.375 e. The van der Waals surface area contributed by atoms with E-state index in [0.29, 0.717) is 6.54 Å². The first-order chi connectivity index (χ1) is 8.61. The van der Waals surface area contributed by atoms with Gasteiger partial charge in [-0.25, -0.2) is 0 Å². The van der Waals surface area contributed by atoms with Crippen molar-refractivity contribution in [3.8, 4) is 10.8 Å². The minimum atomic E-state index is -0.0925. The average molecular weight is 310 g/mol. The van der Waals surface area contributed by atoms with Crippen LogP contribution < -0.4 is 4.90 Å². The summed E-state index contributed by atoms with van der Waals surface area (Å²) in [4.78, 5) is 16.4. The van der Waals surface area contributed by atoms with Gasteiger partial charge in [-0.15, -0.1) is 0 Å². The van der Waals surface area contributed by atoms with E-state index in [-0.39, 0.29) is 12.5 Å². The fraction of sp³-hybridized carbons (Fsp3) is 0.357. The third-order valence-corrected chi connectivity index (χ3v) is 2.86. The number of aryl methyl sites for hydroxylation is 2. The molecule has 0 aromatic heterocycles. The number of ether oxygens (including phenoxy) is 1. The van der Waals surface area contributed by atoms with Crippen molar-refractivity contribution in [2.75, 3.05) is 25.2 Å². The Labute approximate surface area is 116 Å². The second kappa shape index (κ2) is 7.20. The number of hydrogen-bond acceptors (Lipinski definition) is 2. The second-order valence-electron chi connectivity index (χ2n) is 3.92. The lowest BCUT2D eigenvalue weighted by Crippen LogP contribution is -2.35. The highest BCUT2D eigenvalue weighted by Crippen LogP contribution is 2.24. The van der Waals surface area contributed by atoms with Crippen molar-refractivity contribution in [1.82, 2.24) is 0 Å². The van der Waals surface area contributed by atoms with Crippen LogP contribution in [0.15, 0.2) is 18.2 Å². The number of para-hydroxylation sites is 1. The molecule has 3 nitrogen and oxygen atoms in total. The number of carbonyl (C=O) groups excluding carboxylic acids is 1. The van der Waals surface area contributed by atoms with E-state index < -0.39 is 0 Å². The summed E-state index contributed by atoms with van der Waals surface area (Å²) >= 11 is 3.05. The molecule has 0 aliphatic carbocycles. The number of methoxy groups -OCH3 is 1. The quantitative estimate of drug-likeness (QED) is 0.800. The average Bonchev–Trinajstić information content (AvgIpc) is 2.33. The normalized spacial score (nSPS) is 9.56. The van der Waals surface area contributed by atoms with E-state index in [2.05, 4.69) is 26.7 Å². The third-order valence-electron chi connectivity index (χ3n) is 2.58. The molecule has 0 radical (unpaired) electrons. The Bertz CT molecular complexity index is 468. The smallest absolute Gasteiger partial charge is 0.253 e. The van der Waals surface area contributed by atoms with Gasteiger partial charge in [-0.1, -0.05) is 24.1 Å². The molecule has 96 valence electrons. The van der Waals surface area contributed by atoms with Crippen LogP contribution in [-0.4, -0.2) is 26.2 Å². The Balaban J connectivity index is 3.15. The summed E-state index contributed by atoms with van der Waals surface area (Å²) in [7, 11) is 1.51. The minimum Gasteiger partial charge on any atom is -0.375 e. The molecular formula is C14H16BrNO2. The number of carbonyl (C=O) groups is 1. The Kier molecular flexibility index (Phi) is 5.90. The third kappa shape index (κ3) is 3.59. The van der Waals surface area contributed by atoms with Gasteiger partial charge in [0.25, 0.3) is 5.91 Å². The van der Waals surface area contributed by atoms with Gasteiger partial charge in [-0.3, -0.25) is 9.69 Å². The van der Waals surface area contributed by atoms with Crippen LogP contribution in [-0.2, 0) is 9.53 Å². The van der Waals surface area contributed by atoms with Crippen molar-refractivity contribution >= 4 is 27.5 Å². The number of halogens is 1. The number of anilines is 1. The first-order valence-corrected chi connectivity index (χ1v) is 6.35. The summed E-state index contributed by atoms with van der Waals surface area (Å²) in [5.41, 5.74) is 3.02. The maximum atomic E-state index is 12.1. The molecule has 0 spiro atoms. The number of rotatable bonds is 4. The van der Waals surface area contributed by atoms with Crippen molar-refractivity contribution in [1.29, 1.82) is 0 Å². The molecule has 1 amide bonds. The van der Waals surface area contributed by atoms with E-state index >= 15 is 0 Å². The van der Waals surface area contributed by atoms with Crippen molar-refractivity contribution < 1.29 is 9.53 Å². The van der Waals surface area contributed by atoms with Gasteiger partial charge in [-0.2, -0.15) is 0 Å². The van der Waals surface area contributed by atoms with Crippen LogP contribution in [0.3, 0.4) is 0 Å². The number of hydrogen-bond donors (Lipinski definition) is 0. The summed E-state index contributed by atoms with van der Waals surface area (Å²) in [6, 6.07) is 5.94. The van der Waals surface area contributed by atoms with Crippen LogP contribution in [0.2, 0.25) is 0 Å². The standard InChI is InChI=1S/C14H16BrNO2/c1-11-6-4-7-12(2)14(11)16(9-5-8-15)13(17)10-18-3/h4,6-7H,9-10H2,1-3H3. The summed E-state index contributed by atoms with van der Waals surface area (Å²) in [6.45, 7) is 4.37. The molecule has 1 aromatic rings. The van der Waals surface area contributed by atoms with Crippen LogP contribution in [0.25, 0.3) is 0 Å². The van der Waals surface area contributed by atoms with E-state index in [4.69, 9.17) is 4.74 Å². The first kappa shape index (κ1) is 14.7. The van der Waals surface area contributed by atoms with E-state index in [1.54, 1.807) is 4.90 Å². The molecule has 0 bridgehead atoms. The zero-order chi connectivity index (χ0) is 13.5. The topological polar surface area (TPSA) is 29.5 Å². The molecule has 0 unspecified atom stereocenters. The van der Waals surface area contributed by atoms with Crippen LogP contribution in [0.4, 0.5) is 5.69 Å². The summed E-state index contributed by atoms with van der Waals surface area (Å²) in [5, 5.41) is 0. The van der Waals surface area contributed by atoms with Crippen LogP contribution in [0.1, 0.15) is 11.1 Å². The fourth-order valence-electron chi connectivity index (χ4n) is 1.83. The molecule has 0 saturated carbocycles. The molecule has 0 heterocycles. The molecule has 0 fully saturated rings. The highest BCUT2D eigenvalue weighted by Gasteiger charge is 2.18. The van der Waals surface area contributed by atoms with Gasteiger partial charge in [0.1, 0.15) is 6.61 Å². The van der Waals surface area contributed by atoms with Gasteiger partial charge in [0.2, 0.25) is 0 Å². The molecule has 1 aromatic carbocycles. The number of nitrogens with zero attached hydrogens (tertiary/aromatic N) is 1. The van der Waals surface area contributed by atoms with E-state index in [1.165, 1.54) is 7.11 Å². The monoisotopic (exact) mass is 309 g/mol. The molecule has 18 heavy (non-hydrogen) atoms. The van der Waals surface area contributed by atoms with Crippen molar-refractivity contribution in [2.45, 2.75) is 13.8 Å². The van der Waals surface area contributed by atoms with Gasteiger partial charge >= 0.3 is 0 Å². The maximum Gasteiger partial charge on any atom is 0.253 e. The molecule has 4 heteroatoms. The highest BCUT2D eigenvalue weighted by molar-refractivity contribution is 9.12. The number of amides is 1. The summed E-state index contributed by atoms with van der Waals surface area (Å²) in [6.07, 6.45) is 0. The highest BCUT2D eigenvalue weighted by atomic mass is 79.9. The number of benzene rings is 1. The van der Waals surface area contributed by atoms with Crippen molar-refractivity contribution in [3.63, 3.8) is 0 Å². The van der Waals surface area contributed by atoms with Crippen molar-refractivity contribution in [2.24, 2.45) is 0 Å². The van der Waals surface area contributed by atoms with Crippen LogP contribution >= 0.6 is 15.9 Å². The Morgan fingerprint density at radius 2 is 2.00 bits per heavy atom. The molecule has 0 saturated heterocycles. The molecule has 0 aliphatic rings. The molecule has 0 atom stereocenters. The molecular weight excluding hydrogens is 294 g/mol. The molecule has 0 aliphatic heterocycles. The lowest BCUT2D eigenvalue weighted by atomic mass is 10.1. The van der Waals surface area contributed by atoms with Crippen LogP contribution in [0.5, 0.6) is 0 Å². The fourth-order valence-corrected chi connectivity index (χ4v) is 1.96. The Morgan fingerprint density at radius 1 is 1.39 bits per heavy atom. The van der Waals surface area contributed by atoms with Gasteiger partial charge in [0.15, 0.2) is 0 Å². The predicted octanol–water partition coefficient (Wildman–Crippen LogP) is 2.64.